The van der Waals surface area contributed by atoms with Gasteiger partial charge in [-0.2, -0.15) is 0 Å². The SMILES string of the molecule is Cc1cccc(NC(=O)CNC(=O)CN2C(=O)N[C@](C)(c3ccccc3)C2=O)c1C. The molecule has 156 valence electrons. The van der Waals surface area contributed by atoms with Gasteiger partial charge in [0.1, 0.15) is 12.1 Å². The van der Waals surface area contributed by atoms with Gasteiger partial charge in [0.25, 0.3) is 5.91 Å². The zero-order valence-corrected chi connectivity index (χ0v) is 17.1. The van der Waals surface area contributed by atoms with Crippen LogP contribution in [0.3, 0.4) is 0 Å². The van der Waals surface area contributed by atoms with Crippen LogP contribution in [0.1, 0.15) is 23.6 Å². The highest BCUT2D eigenvalue weighted by atomic mass is 16.2. The number of carbonyl (C=O) groups excluding carboxylic acids is 4. The lowest BCUT2D eigenvalue weighted by molar-refractivity contribution is -0.135. The summed E-state index contributed by atoms with van der Waals surface area (Å²) in [6.45, 7) is 4.69. The van der Waals surface area contributed by atoms with Crippen molar-refractivity contribution in [3.05, 3.63) is 65.2 Å². The lowest BCUT2D eigenvalue weighted by Gasteiger charge is -2.22. The maximum Gasteiger partial charge on any atom is 0.325 e. The summed E-state index contributed by atoms with van der Waals surface area (Å²) in [6, 6.07) is 13.7. The number of carbonyl (C=O) groups is 4. The van der Waals surface area contributed by atoms with E-state index in [9.17, 15) is 19.2 Å². The number of rotatable bonds is 6. The lowest BCUT2D eigenvalue weighted by Crippen LogP contribution is -2.44. The molecule has 1 heterocycles. The average Bonchev–Trinajstić information content (AvgIpc) is 2.94. The van der Waals surface area contributed by atoms with E-state index in [1.165, 1.54) is 0 Å². The second-order valence-corrected chi connectivity index (χ2v) is 7.38. The Bertz CT molecular complexity index is 1010. The lowest BCUT2D eigenvalue weighted by atomic mass is 9.92. The van der Waals surface area contributed by atoms with Gasteiger partial charge in [-0.15, -0.1) is 0 Å². The summed E-state index contributed by atoms with van der Waals surface area (Å²) in [6.07, 6.45) is 0. The molecule has 5 amide bonds. The fourth-order valence-electron chi connectivity index (χ4n) is 3.27. The second-order valence-electron chi connectivity index (χ2n) is 7.38. The zero-order chi connectivity index (χ0) is 21.9. The standard InChI is InChI=1S/C22H24N4O4/c1-14-8-7-11-17(15(14)2)24-18(27)12-23-19(28)13-26-20(29)22(3,25-21(26)30)16-9-5-4-6-10-16/h4-11H,12-13H2,1-3H3,(H,23,28)(H,24,27)(H,25,30)/t22-/m1/s1. The Morgan fingerprint density at radius 3 is 2.40 bits per heavy atom. The predicted octanol–water partition coefficient (Wildman–Crippen LogP) is 1.83. The molecule has 0 radical (unpaired) electrons. The average molecular weight is 408 g/mol. The van der Waals surface area contributed by atoms with E-state index in [1.807, 2.05) is 32.0 Å². The van der Waals surface area contributed by atoms with Gasteiger partial charge in [-0.25, -0.2) is 4.79 Å². The Balaban J connectivity index is 1.57. The number of aryl methyl sites for hydroxylation is 1. The van der Waals surface area contributed by atoms with Gasteiger partial charge >= 0.3 is 6.03 Å². The number of hydrogen-bond donors (Lipinski definition) is 3. The van der Waals surface area contributed by atoms with Crippen molar-refractivity contribution in [3.8, 4) is 0 Å². The van der Waals surface area contributed by atoms with Crippen molar-refractivity contribution >= 4 is 29.4 Å². The molecule has 8 heteroatoms. The molecule has 30 heavy (non-hydrogen) atoms. The van der Waals surface area contributed by atoms with Crippen molar-refractivity contribution in [2.24, 2.45) is 0 Å². The summed E-state index contributed by atoms with van der Waals surface area (Å²) in [7, 11) is 0. The van der Waals surface area contributed by atoms with Gasteiger partial charge in [0.15, 0.2) is 0 Å². The fourth-order valence-corrected chi connectivity index (χ4v) is 3.27. The molecule has 2 aromatic carbocycles. The van der Waals surface area contributed by atoms with Crippen LogP contribution in [0.4, 0.5) is 10.5 Å². The Labute approximate surface area is 174 Å². The van der Waals surface area contributed by atoms with E-state index < -0.39 is 35.8 Å². The van der Waals surface area contributed by atoms with Gasteiger partial charge in [0.2, 0.25) is 11.8 Å². The summed E-state index contributed by atoms with van der Waals surface area (Å²) in [5.74, 6) is -1.52. The first kappa shape index (κ1) is 21.0. The third-order valence-electron chi connectivity index (χ3n) is 5.25. The van der Waals surface area contributed by atoms with Gasteiger partial charge in [0.05, 0.1) is 6.54 Å². The number of benzene rings is 2. The molecule has 3 N–H and O–H groups in total. The Hall–Kier alpha value is -3.68. The third kappa shape index (κ3) is 4.17. The highest BCUT2D eigenvalue weighted by Crippen LogP contribution is 2.28. The highest BCUT2D eigenvalue weighted by molar-refractivity contribution is 6.09. The minimum Gasteiger partial charge on any atom is -0.345 e. The first-order valence-electron chi connectivity index (χ1n) is 9.55. The molecule has 1 aliphatic rings. The van der Waals surface area contributed by atoms with Crippen molar-refractivity contribution in [2.75, 3.05) is 18.4 Å². The summed E-state index contributed by atoms with van der Waals surface area (Å²) >= 11 is 0. The van der Waals surface area contributed by atoms with E-state index in [0.29, 0.717) is 11.3 Å². The smallest absolute Gasteiger partial charge is 0.325 e. The number of imide groups is 1. The van der Waals surface area contributed by atoms with Gasteiger partial charge in [-0.3, -0.25) is 19.3 Å². The third-order valence-corrected chi connectivity index (χ3v) is 5.25. The van der Waals surface area contributed by atoms with Gasteiger partial charge in [-0.05, 0) is 43.5 Å². The van der Waals surface area contributed by atoms with Crippen LogP contribution >= 0.6 is 0 Å². The summed E-state index contributed by atoms with van der Waals surface area (Å²) in [5, 5.41) is 7.82. The van der Waals surface area contributed by atoms with Crippen molar-refractivity contribution in [3.63, 3.8) is 0 Å². The summed E-state index contributed by atoms with van der Waals surface area (Å²) in [5.41, 5.74) is 2.04. The van der Waals surface area contributed by atoms with Crippen LogP contribution < -0.4 is 16.0 Å². The fraction of sp³-hybridized carbons (Fsp3) is 0.273. The highest BCUT2D eigenvalue weighted by Gasteiger charge is 2.49. The molecule has 1 atom stereocenters. The molecule has 0 bridgehead atoms. The van der Waals surface area contributed by atoms with Crippen molar-refractivity contribution in [1.82, 2.24) is 15.5 Å². The van der Waals surface area contributed by atoms with Gasteiger partial charge in [0, 0.05) is 5.69 Å². The Morgan fingerprint density at radius 2 is 1.70 bits per heavy atom. The Kier molecular flexibility index (Phi) is 5.86. The minimum absolute atomic E-state index is 0.272. The maximum atomic E-state index is 12.8. The number of urea groups is 1. The number of anilines is 1. The number of nitrogens with zero attached hydrogens (tertiary/aromatic N) is 1. The van der Waals surface area contributed by atoms with E-state index in [0.717, 1.165) is 16.0 Å². The zero-order valence-electron chi connectivity index (χ0n) is 17.1. The topological polar surface area (TPSA) is 108 Å². The van der Waals surface area contributed by atoms with Gasteiger partial charge in [-0.1, -0.05) is 42.5 Å². The van der Waals surface area contributed by atoms with Crippen molar-refractivity contribution in [2.45, 2.75) is 26.3 Å². The first-order chi connectivity index (χ1) is 14.2. The molecule has 0 aliphatic carbocycles. The van der Waals surface area contributed by atoms with E-state index in [-0.39, 0.29) is 6.54 Å². The van der Waals surface area contributed by atoms with Crippen molar-refractivity contribution in [1.29, 1.82) is 0 Å². The molecule has 1 fully saturated rings. The molecule has 0 spiro atoms. The molecule has 1 saturated heterocycles. The van der Waals surface area contributed by atoms with Crippen LogP contribution in [-0.2, 0) is 19.9 Å². The monoisotopic (exact) mass is 408 g/mol. The van der Waals surface area contributed by atoms with Crippen LogP contribution in [0.25, 0.3) is 0 Å². The number of nitrogens with one attached hydrogen (secondary N) is 3. The van der Waals surface area contributed by atoms with Crippen LogP contribution in [0, 0.1) is 13.8 Å². The predicted molar refractivity (Wildman–Crippen MR) is 112 cm³/mol. The molecular weight excluding hydrogens is 384 g/mol. The normalized spacial score (nSPS) is 18.2. The molecule has 2 aromatic rings. The first-order valence-corrected chi connectivity index (χ1v) is 9.55. The van der Waals surface area contributed by atoms with E-state index >= 15 is 0 Å². The largest absolute Gasteiger partial charge is 0.345 e. The van der Waals surface area contributed by atoms with Crippen LogP contribution in [0.15, 0.2) is 48.5 Å². The van der Waals surface area contributed by atoms with Crippen LogP contribution in [-0.4, -0.2) is 41.7 Å². The molecule has 1 aliphatic heterocycles. The molecular formula is C22H24N4O4. The number of amides is 5. The Morgan fingerprint density at radius 1 is 1.00 bits per heavy atom. The second kappa shape index (κ2) is 8.36. The van der Waals surface area contributed by atoms with Crippen LogP contribution in [0.5, 0.6) is 0 Å². The number of hydrogen-bond acceptors (Lipinski definition) is 4. The van der Waals surface area contributed by atoms with E-state index in [4.69, 9.17) is 0 Å². The van der Waals surface area contributed by atoms with Gasteiger partial charge < -0.3 is 16.0 Å². The van der Waals surface area contributed by atoms with E-state index in [1.54, 1.807) is 37.3 Å². The van der Waals surface area contributed by atoms with Crippen LogP contribution in [0.2, 0.25) is 0 Å². The maximum absolute atomic E-state index is 12.8. The minimum atomic E-state index is -1.24. The quantitative estimate of drug-likeness (QED) is 0.634. The molecule has 0 aromatic heterocycles. The summed E-state index contributed by atoms with van der Waals surface area (Å²) < 4.78 is 0. The summed E-state index contributed by atoms with van der Waals surface area (Å²) in [4.78, 5) is 50.3. The molecule has 0 saturated carbocycles. The molecule has 3 rings (SSSR count). The molecule has 0 unspecified atom stereocenters. The van der Waals surface area contributed by atoms with Crippen molar-refractivity contribution < 1.29 is 19.2 Å². The molecule has 8 nitrogen and oxygen atoms in total. The van der Waals surface area contributed by atoms with E-state index in [2.05, 4.69) is 16.0 Å².